The van der Waals surface area contributed by atoms with Crippen LogP contribution in [-0.2, 0) is 20.0 Å². The normalized spacial score (nSPS) is 12.3. The van der Waals surface area contributed by atoms with Gasteiger partial charge in [0.25, 0.3) is 0 Å². The van der Waals surface area contributed by atoms with Gasteiger partial charge in [0.15, 0.2) is 0 Å². The average molecular weight is 383 g/mol. The van der Waals surface area contributed by atoms with Crippen molar-refractivity contribution in [3.05, 3.63) is 54.2 Å². The predicted octanol–water partition coefficient (Wildman–Crippen LogP) is 1.93. The summed E-state index contributed by atoms with van der Waals surface area (Å²) in [6.45, 7) is 3.79. The molecular formula is C16H21N3O4S2. The zero-order chi connectivity index (χ0) is 18.5. The Morgan fingerprint density at radius 1 is 1.00 bits per heavy atom. The molecule has 1 aromatic heterocycles. The van der Waals surface area contributed by atoms with E-state index in [2.05, 4.69) is 14.4 Å². The van der Waals surface area contributed by atoms with Crippen LogP contribution in [0.1, 0.15) is 25.3 Å². The van der Waals surface area contributed by atoms with Crippen LogP contribution < -0.4 is 9.44 Å². The molecule has 0 radical (unpaired) electrons. The molecule has 7 nitrogen and oxygen atoms in total. The Labute approximate surface area is 148 Å². The second kappa shape index (κ2) is 7.94. The molecule has 25 heavy (non-hydrogen) atoms. The van der Waals surface area contributed by atoms with Crippen LogP contribution in [0, 0.1) is 0 Å². The van der Waals surface area contributed by atoms with Crippen LogP contribution in [-0.4, -0.2) is 34.1 Å². The molecule has 2 rings (SSSR count). The maximum absolute atomic E-state index is 12.2. The molecule has 2 aromatic rings. The molecular weight excluding hydrogens is 362 g/mol. The minimum atomic E-state index is -3.76. The third-order valence-corrected chi connectivity index (χ3v) is 6.18. The summed E-state index contributed by atoms with van der Waals surface area (Å²) in [5.74, 6) is 0.0922. The van der Waals surface area contributed by atoms with Crippen LogP contribution >= 0.6 is 0 Å². The highest BCUT2D eigenvalue weighted by Gasteiger charge is 2.17. The van der Waals surface area contributed by atoms with Crippen LogP contribution in [0.25, 0.3) is 0 Å². The lowest BCUT2D eigenvalue weighted by atomic mass is 10.0. The number of nitrogens with one attached hydrogen (secondary N) is 2. The van der Waals surface area contributed by atoms with E-state index in [-0.39, 0.29) is 17.3 Å². The fraction of sp³-hybridized carbons (Fsp3) is 0.312. The van der Waals surface area contributed by atoms with Crippen molar-refractivity contribution >= 4 is 25.9 Å². The molecule has 1 aromatic carbocycles. The van der Waals surface area contributed by atoms with Crippen LogP contribution in [0.4, 0.5) is 5.82 Å². The molecule has 0 saturated heterocycles. The van der Waals surface area contributed by atoms with Gasteiger partial charge in [0.2, 0.25) is 20.0 Å². The maximum atomic E-state index is 12.2. The summed E-state index contributed by atoms with van der Waals surface area (Å²) >= 11 is 0. The molecule has 2 N–H and O–H groups in total. The fourth-order valence-corrected chi connectivity index (χ4v) is 4.13. The monoisotopic (exact) mass is 383 g/mol. The highest BCUT2D eigenvalue weighted by Crippen LogP contribution is 2.17. The van der Waals surface area contributed by atoms with E-state index in [1.807, 2.05) is 13.8 Å². The lowest BCUT2D eigenvalue weighted by molar-refractivity contribution is 0.581. The smallest absolute Gasteiger partial charge is 0.240 e. The van der Waals surface area contributed by atoms with Gasteiger partial charge in [-0.15, -0.1) is 0 Å². The van der Waals surface area contributed by atoms with Crippen LogP contribution in [0.5, 0.6) is 0 Å². The summed E-state index contributed by atoms with van der Waals surface area (Å²) in [6, 6.07) is 11.3. The molecule has 1 heterocycles. The van der Waals surface area contributed by atoms with Crippen molar-refractivity contribution in [3.8, 4) is 0 Å². The van der Waals surface area contributed by atoms with E-state index in [9.17, 15) is 16.8 Å². The number of sulfonamides is 2. The van der Waals surface area contributed by atoms with Crippen molar-refractivity contribution in [2.75, 3.05) is 17.0 Å². The first-order valence-corrected chi connectivity index (χ1v) is 10.8. The maximum Gasteiger partial charge on any atom is 0.240 e. The molecule has 0 aliphatic rings. The Morgan fingerprint density at radius 3 is 2.24 bits per heavy atom. The third kappa shape index (κ3) is 5.80. The van der Waals surface area contributed by atoms with Crippen molar-refractivity contribution in [1.29, 1.82) is 0 Å². The van der Waals surface area contributed by atoms with E-state index in [4.69, 9.17) is 0 Å². The zero-order valence-corrected chi connectivity index (χ0v) is 15.6. The summed E-state index contributed by atoms with van der Waals surface area (Å²) in [7, 11) is -7.45. The third-order valence-electron chi connectivity index (χ3n) is 3.44. The number of benzene rings is 1. The Balaban J connectivity index is 1.95. The molecule has 0 amide bonds. The molecule has 9 heteroatoms. The molecule has 0 bridgehead atoms. The van der Waals surface area contributed by atoms with Gasteiger partial charge in [-0.3, -0.25) is 4.72 Å². The molecule has 136 valence electrons. The molecule has 0 spiro atoms. The van der Waals surface area contributed by atoms with E-state index in [1.54, 1.807) is 24.3 Å². The van der Waals surface area contributed by atoms with Crippen molar-refractivity contribution in [1.82, 2.24) is 9.71 Å². The number of anilines is 1. The van der Waals surface area contributed by atoms with Gasteiger partial charge in [-0.25, -0.2) is 26.5 Å². The molecule has 0 fully saturated rings. The van der Waals surface area contributed by atoms with Gasteiger partial charge in [0.05, 0.1) is 10.6 Å². The minimum absolute atomic E-state index is 0.104. The van der Waals surface area contributed by atoms with Gasteiger partial charge in [0, 0.05) is 12.7 Å². The molecule has 0 unspecified atom stereocenters. The SMILES string of the molecule is CC(C)c1ccc(S(=O)(=O)NCCS(=O)(=O)Nc2ccccn2)cc1. The van der Waals surface area contributed by atoms with Crippen molar-refractivity contribution in [2.24, 2.45) is 0 Å². The molecule has 0 atom stereocenters. The second-order valence-corrected chi connectivity index (χ2v) is 9.37. The number of hydrogen-bond donors (Lipinski definition) is 2. The number of hydrogen-bond acceptors (Lipinski definition) is 5. The first kappa shape index (κ1) is 19.4. The van der Waals surface area contributed by atoms with E-state index in [0.717, 1.165) is 5.56 Å². The van der Waals surface area contributed by atoms with E-state index >= 15 is 0 Å². The number of rotatable bonds is 8. The zero-order valence-electron chi connectivity index (χ0n) is 14.0. The van der Waals surface area contributed by atoms with Gasteiger partial charge in [-0.2, -0.15) is 0 Å². The number of nitrogens with zero attached hydrogens (tertiary/aromatic N) is 1. The summed E-state index contributed by atoms with van der Waals surface area (Å²) < 4.78 is 52.9. The van der Waals surface area contributed by atoms with Gasteiger partial charge >= 0.3 is 0 Å². The van der Waals surface area contributed by atoms with E-state index in [0.29, 0.717) is 5.92 Å². The van der Waals surface area contributed by atoms with Crippen molar-refractivity contribution < 1.29 is 16.8 Å². The Morgan fingerprint density at radius 2 is 1.68 bits per heavy atom. The second-order valence-electron chi connectivity index (χ2n) is 5.76. The summed E-state index contributed by atoms with van der Waals surface area (Å²) in [5.41, 5.74) is 1.03. The number of aromatic nitrogens is 1. The predicted molar refractivity (Wildman–Crippen MR) is 97.4 cm³/mol. The highest BCUT2D eigenvalue weighted by atomic mass is 32.2. The fourth-order valence-electron chi connectivity index (χ4n) is 2.06. The van der Waals surface area contributed by atoms with Crippen LogP contribution in [0.3, 0.4) is 0 Å². The van der Waals surface area contributed by atoms with E-state index in [1.165, 1.54) is 24.4 Å². The standard InChI is InChI=1S/C16H21N3O4S2/c1-13(2)14-6-8-15(9-7-14)25(22,23)18-11-12-24(20,21)19-16-5-3-4-10-17-16/h3-10,13,18H,11-12H2,1-2H3,(H,17,19). The summed E-state index contributed by atoms with van der Waals surface area (Å²) in [6.07, 6.45) is 1.46. The topological polar surface area (TPSA) is 105 Å². The molecule has 0 aliphatic carbocycles. The van der Waals surface area contributed by atoms with E-state index < -0.39 is 25.8 Å². The van der Waals surface area contributed by atoms with Crippen molar-refractivity contribution in [2.45, 2.75) is 24.7 Å². The van der Waals surface area contributed by atoms with Crippen LogP contribution in [0.2, 0.25) is 0 Å². The average Bonchev–Trinajstić information content (AvgIpc) is 2.55. The Kier molecular flexibility index (Phi) is 6.15. The minimum Gasteiger partial charge on any atom is -0.267 e. The summed E-state index contributed by atoms with van der Waals surface area (Å²) in [4.78, 5) is 3.97. The molecule has 0 saturated carbocycles. The Bertz CT molecular complexity index is 894. The number of pyridine rings is 1. The largest absolute Gasteiger partial charge is 0.267 e. The van der Waals surface area contributed by atoms with Crippen LogP contribution in [0.15, 0.2) is 53.6 Å². The van der Waals surface area contributed by atoms with Gasteiger partial charge < -0.3 is 0 Å². The summed E-state index contributed by atoms with van der Waals surface area (Å²) in [5, 5.41) is 0. The first-order valence-electron chi connectivity index (χ1n) is 7.71. The Hall–Kier alpha value is -1.97. The van der Waals surface area contributed by atoms with Gasteiger partial charge in [0.1, 0.15) is 5.82 Å². The molecule has 0 aliphatic heterocycles. The quantitative estimate of drug-likeness (QED) is 0.725. The van der Waals surface area contributed by atoms with Gasteiger partial charge in [-0.05, 0) is 35.7 Å². The van der Waals surface area contributed by atoms with Crippen molar-refractivity contribution in [3.63, 3.8) is 0 Å². The van der Waals surface area contributed by atoms with Gasteiger partial charge in [-0.1, -0.05) is 32.0 Å². The first-order chi connectivity index (χ1) is 11.7. The lowest BCUT2D eigenvalue weighted by Crippen LogP contribution is -2.31. The highest BCUT2D eigenvalue weighted by molar-refractivity contribution is 7.92. The lowest BCUT2D eigenvalue weighted by Gasteiger charge is -2.10.